The molecule has 1 amide bonds. The predicted octanol–water partition coefficient (Wildman–Crippen LogP) is 4.77. The maximum absolute atomic E-state index is 12.3. The van der Waals surface area contributed by atoms with E-state index < -0.39 is 0 Å². The van der Waals surface area contributed by atoms with Crippen molar-refractivity contribution in [1.82, 2.24) is 10.1 Å². The minimum Gasteiger partial charge on any atom is -0.359 e. The van der Waals surface area contributed by atoms with Crippen LogP contribution in [0.3, 0.4) is 0 Å². The van der Waals surface area contributed by atoms with E-state index in [4.69, 9.17) is 4.52 Å². The molecule has 1 N–H and O–H groups in total. The van der Waals surface area contributed by atoms with Crippen LogP contribution in [0.5, 0.6) is 0 Å². The Morgan fingerprint density at radius 1 is 1.12 bits per heavy atom. The fourth-order valence-corrected chi connectivity index (χ4v) is 2.85. The van der Waals surface area contributed by atoms with Crippen molar-refractivity contribution in [3.8, 4) is 0 Å². The molecule has 0 aliphatic rings. The van der Waals surface area contributed by atoms with Crippen molar-refractivity contribution in [2.45, 2.75) is 36.1 Å². The molecule has 128 valence electrons. The molecule has 0 saturated carbocycles. The summed E-state index contributed by atoms with van der Waals surface area (Å²) in [5, 5.41) is 7.57. The first kappa shape index (κ1) is 17.2. The SMILES string of the molecule is CC(C)(C)c1cc(NC(=O)c2ccc(Sc3ccccn3)cc2)no1. The molecule has 0 radical (unpaired) electrons. The smallest absolute Gasteiger partial charge is 0.256 e. The number of benzene rings is 1. The maximum atomic E-state index is 12.3. The first-order valence-corrected chi connectivity index (χ1v) is 8.71. The van der Waals surface area contributed by atoms with E-state index in [2.05, 4.69) is 15.5 Å². The van der Waals surface area contributed by atoms with Gasteiger partial charge in [-0.05, 0) is 36.4 Å². The highest BCUT2D eigenvalue weighted by molar-refractivity contribution is 7.99. The van der Waals surface area contributed by atoms with Crippen LogP contribution in [0.1, 0.15) is 36.9 Å². The third-order valence-electron chi connectivity index (χ3n) is 3.47. The van der Waals surface area contributed by atoms with Crippen LogP contribution in [0.15, 0.2) is 69.2 Å². The highest BCUT2D eigenvalue weighted by atomic mass is 32.2. The van der Waals surface area contributed by atoms with Gasteiger partial charge in [-0.2, -0.15) is 0 Å². The van der Waals surface area contributed by atoms with Crippen molar-refractivity contribution in [1.29, 1.82) is 0 Å². The van der Waals surface area contributed by atoms with E-state index >= 15 is 0 Å². The average Bonchev–Trinajstić information content (AvgIpc) is 3.05. The number of amides is 1. The number of pyridine rings is 1. The largest absolute Gasteiger partial charge is 0.359 e. The first-order chi connectivity index (χ1) is 11.9. The van der Waals surface area contributed by atoms with Gasteiger partial charge in [-0.3, -0.25) is 4.79 Å². The number of hydrogen-bond acceptors (Lipinski definition) is 5. The quantitative estimate of drug-likeness (QED) is 0.732. The molecule has 5 nitrogen and oxygen atoms in total. The summed E-state index contributed by atoms with van der Waals surface area (Å²) in [6.07, 6.45) is 1.76. The van der Waals surface area contributed by atoms with Gasteiger partial charge in [0.15, 0.2) is 5.82 Å². The standard InChI is InChI=1S/C19H19N3O2S/c1-19(2,3)15-12-16(22-24-15)21-18(23)13-7-9-14(10-8-13)25-17-6-4-5-11-20-17/h4-12H,1-3H3,(H,21,22,23). The summed E-state index contributed by atoms with van der Waals surface area (Å²) in [7, 11) is 0. The average molecular weight is 353 g/mol. The molecule has 3 rings (SSSR count). The lowest BCUT2D eigenvalue weighted by atomic mass is 9.93. The Balaban J connectivity index is 1.65. The van der Waals surface area contributed by atoms with Crippen LogP contribution in [0, 0.1) is 0 Å². The number of nitrogens with zero attached hydrogens (tertiary/aromatic N) is 2. The fraction of sp³-hybridized carbons (Fsp3) is 0.211. The second-order valence-electron chi connectivity index (χ2n) is 6.57. The molecule has 0 spiro atoms. The normalized spacial score (nSPS) is 11.3. The molecule has 0 aliphatic heterocycles. The Morgan fingerprint density at radius 3 is 2.48 bits per heavy atom. The van der Waals surface area contributed by atoms with Crippen LogP contribution in [0.25, 0.3) is 0 Å². The number of carbonyl (C=O) groups is 1. The second-order valence-corrected chi connectivity index (χ2v) is 7.67. The number of nitrogens with one attached hydrogen (secondary N) is 1. The number of aromatic nitrogens is 2. The van der Waals surface area contributed by atoms with Gasteiger partial charge in [0.2, 0.25) is 0 Å². The van der Waals surface area contributed by atoms with E-state index in [1.54, 1.807) is 36.2 Å². The van der Waals surface area contributed by atoms with Gasteiger partial charge in [-0.25, -0.2) is 4.98 Å². The van der Waals surface area contributed by atoms with Crippen molar-refractivity contribution < 1.29 is 9.32 Å². The van der Waals surface area contributed by atoms with Gasteiger partial charge < -0.3 is 9.84 Å². The summed E-state index contributed by atoms with van der Waals surface area (Å²) >= 11 is 1.55. The van der Waals surface area contributed by atoms with Crippen molar-refractivity contribution in [2.75, 3.05) is 5.32 Å². The van der Waals surface area contributed by atoms with Crippen LogP contribution in [0.4, 0.5) is 5.82 Å². The molecule has 1 aromatic carbocycles. The van der Waals surface area contributed by atoms with E-state index in [0.29, 0.717) is 11.4 Å². The predicted molar refractivity (Wildman–Crippen MR) is 98.0 cm³/mol. The van der Waals surface area contributed by atoms with Gasteiger partial charge in [-0.15, -0.1) is 0 Å². The Labute approximate surface area is 150 Å². The summed E-state index contributed by atoms with van der Waals surface area (Å²) < 4.78 is 5.28. The Bertz CT molecular complexity index is 852. The molecule has 6 heteroatoms. The van der Waals surface area contributed by atoms with Crippen LogP contribution in [-0.4, -0.2) is 16.0 Å². The number of carbonyl (C=O) groups excluding carboxylic acids is 1. The maximum Gasteiger partial charge on any atom is 0.256 e. The lowest BCUT2D eigenvalue weighted by molar-refractivity contribution is 0.102. The van der Waals surface area contributed by atoms with E-state index in [-0.39, 0.29) is 11.3 Å². The van der Waals surface area contributed by atoms with Gasteiger partial charge in [0.05, 0.1) is 0 Å². The van der Waals surface area contributed by atoms with Gasteiger partial charge >= 0.3 is 0 Å². The summed E-state index contributed by atoms with van der Waals surface area (Å²) in [4.78, 5) is 17.6. The molecule has 3 aromatic rings. The summed E-state index contributed by atoms with van der Waals surface area (Å²) in [6, 6.07) is 14.9. The number of hydrogen-bond donors (Lipinski definition) is 1. The summed E-state index contributed by atoms with van der Waals surface area (Å²) in [6.45, 7) is 6.07. The first-order valence-electron chi connectivity index (χ1n) is 7.89. The zero-order valence-electron chi connectivity index (χ0n) is 14.3. The van der Waals surface area contributed by atoms with Crippen LogP contribution < -0.4 is 5.32 Å². The van der Waals surface area contributed by atoms with Gasteiger partial charge in [0.1, 0.15) is 10.8 Å². The van der Waals surface area contributed by atoms with Gasteiger partial charge in [0.25, 0.3) is 5.91 Å². The molecule has 0 bridgehead atoms. The summed E-state index contributed by atoms with van der Waals surface area (Å²) in [5.41, 5.74) is 0.408. The monoisotopic (exact) mass is 353 g/mol. The van der Waals surface area contributed by atoms with E-state index in [9.17, 15) is 4.79 Å². The molecule has 0 unspecified atom stereocenters. The Morgan fingerprint density at radius 2 is 1.88 bits per heavy atom. The van der Waals surface area contributed by atoms with Gasteiger partial charge in [0, 0.05) is 28.1 Å². The molecule has 2 aromatic heterocycles. The molecular weight excluding hydrogens is 334 g/mol. The third-order valence-corrected chi connectivity index (χ3v) is 4.43. The highest BCUT2D eigenvalue weighted by Crippen LogP contribution is 2.26. The Hall–Kier alpha value is -2.60. The zero-order chi connectivity index (χ0) is 17.9. The minimum absolute atomic E-state index is 0.152. The van der Waals surface area contributed by atoms with Crippen molar-refractivity contribution in [3.05, 3.63) is 66.1 Å². The minimum atomic E-state index is -0.219. The Kier molecular flexibility index (Phi) is 4.90. The van der Waals surface area contributed by atoms with E-state index in [0.717, 1.165) is 15.7 Å². The number of rotatable bonds is 4. The molecule has 0 atom stereocenters. The van der Waals surface area contributed by atoms with E-state index in [1.165, 1.54) is 0 Å². The van der Waals surface area contributed by atoms with Gasteiger partial charge in [-0.1, -0.05) is 43.8 Å². The molecule has 2 heterocycles. The van der Waals surface area contributed by atoms with Crippen LogP contribution >= 0.6 is 11.8 Å². The van der Waals surface area contributed by atoms with E-state index in [1.807, 2.05) is 51.1 Å². The zero-order valence-corrected chi connectivity index (χ0v) is 15.1. The number of anilines is 1. The lowest BCUT2D eigenvalue weighted by Crippen LogP contribution is -2.12. The van der Waals surface area contributed by atoms with Crippen molar-refractivity contribution in [2.24, 2.45) is 0 Å². The molecule has 0 saturated heterocycles. The fourth-order valence-electron chi connectivity index (χ4n) is 2.08. The lowest BCUT2D eigenvalue weighted by Gasteiger charge is -2.12. The second kappa shape index (κ2) is 7.11. The van der Waals surface area contributed by atoms with Crippen molar-refractivity contribution >= 4 is 23.5 Å². The van der Waals surface area contributed by atoms with Crippen molar-refractivity contribution in [3.63, 3.8) is 0 Å². The molecular formula is C19H19N3O2S. The van der Waals surface area contributed by atoms with Crippen LogP contribution in [0.2, 0.25) is 0 Å². The topological polar surface area (TPSA) is 68.0 Å². The summed E-state index contributed by atoms with van der Waals surface area (Å²) in [5.74, 6) is 0.926. The molecule has 0 aliphatic carbocycles. The molecule has 0 fully saturated rings. The third kappa shape index (κ3) is 4.48. The van der Waals surface area contributed by atoms with Crippen LogP contribution in [-0.2, 0) is 5.41 Å². The highest BCUT2D eigenvalue weighted by Gasteiger charge is 2.20. The molecule has 25 heavy (non-hydrogen) atoms.